The summed E-state index contributed by atoms with van der Waals surface area (Å²) in [6.07, 6.45) is -1.44. The predicted molar refractivity (Wildman–Crippen MR) is 168 cm³/mol. The summed E-state index contributed by atoms with van der Waals surface area (Å²) < 4.78 is 32.7. The Morgan fingerprint density at radius 3 is 1.62 bits per heavy atom. The van der Waals surface area contributed by atoms with E-state index >= 15 is 0 Å². The first-order valence-electron chi connectivity index (χ1n) is 14.7. The van der Waals surface area contributed by atoms with Crippen molar-refractivity contribution in [2.45, 2.75) is 88.9 Å². The number of ether oxygens (including phenoxy) is 4. The maximum atomic E-state index is 11.9. The molecule has 3 aromatic carbocycles. The van der Waals surface area contributed by atoms with Crippen molar-refractivity contribution in [1.29, 1.82) is 0 Å². The lowest BCUT2D eigenvalue weighted by atomic mass is 9.91. The van der Waals surface area contributed by atoms with Crippen LogP contribution in [0.4, 0.5) is 0 Å². The monoisotopic (exact) mass is 590 g/mol. The molecule has 0 bridgehead atoms. The Balaban J connectivity index is 1.68. The molecular formula is C35H46O6Si. The summed E-state index contributed by atoms with van der Waals surface area (Å²) in [4.78, 5) is 0. The van der Waals surface area contributed by atoms with Crippen LogP contribution in [-0.2, 0) is 43.2 Å². The molecule has 1 heterocycles. The number of benzene rings is 3. The van der Waals surface area contributed by atoms with Crippen molar-refractivity contribution in [3.8, 4) is 0 Å². The minimum absolute atomic E-state index is 0.00133. The summed E-state index contributed by atoms with van der Waals surface area (Å²) in [7, 11) is -2.15. The fourth-order valence-corrected chi connectivity index (χ4v) is 5.70. The van der Waals surface area contributed by atoms with Crippen LogP contribution in [0.25, 0.3) is 0 Å². The molecule has 42 heavy (non-hydrogen) atoms. The molecule has 1 N–H and O–H groups in total. The molecule has 1 fully saturated rings. The molecule has 6 nitrogen and oxygen atoms in total. The number of hydrogen-bond donors (Lipinski definition) is 1. The SMILES string of the molecule is C=CC1(O)O[C@H](CO[Si](C)(C)C(C)(C)C)[C@@H](OCc2ccccc2)[C@@H](OCc2ccccc2)[C@@H]1OCc1ccccc1. The zero-order chi connectivity index (χ0) is 30.2. The smallest absolute Gasteiger partial charge is 0.215 e. The number of hydrogen-bond acceptors (Lipinski definition) is 6. The molecule has 1 aliphatic heterocycles. The Labute approximate surface area is 252 Å². The van der Waals surface area contributed by atoms with Crippen LogP contribution in [0.15, 0.2) is 104 Å². The highest BCUT2D eigenvalue weighted by molar-refractivity contribution is 6.74. The van der Waals surface area contributed by atoms with E-state index in [2.05, 4.69) is 40.4 Å². The standard InChI is InChI=1S/C35H46O6Si/c1-7-35(36)33(39-25-29-21-15-10-16-22-29)32(38-24-28-19-13-9-14-20-28)31(37-23-27-17-11-8-12-18-27)30(41-35)26-40-42(5,6)34(2,3)4/h7-22,30-33,36H,1,23-26H2,2-6H3/t30-,31-,32-,33+,35?/m1/s1. The first-order valence-corrected chi connectivity index (χ1v) is 17.6. The second kappa shape index (κ2) is 14.2. The van der Waals surface area contributed by atoms with Gasteiger partial charge >= 0.3 is 0 Å². The summed E-state index contributed by atoms with van der Waals surface area (Å²) in [5.74, 6) is -1.83. The first-order chi connectivity index (χ1) is 20.0. The van der Waals surface area contributed by atoms with Gasteiger partial charge in [0.25, 0.3) is 0 Å². The van der Waals surface area contributed by atoms with Gasteiger partial charge in [-0.3, -0.25) is 0 Å². The van der Waals surface area contributed by atoms with Gasteiger partial charge in [-0.1, -0.05) is 118 Å². The van der Waals surface area contributed by atoms with Gasteiger partial charge in [-0.2, -0.15) is 0 Å². The molecule has 0 aliphatic carbocycles. The fourth-order valence-electron chi connectivity index (χ4n) is 4.69. The van der Waals surface area contributed by atoms with E-state index in [1.165, 1.54) is 6.08 Å². The zero-order valence-electron chi connectivity index (χ0n) is 25.6. The molecule has 0 saturated carbocycles. The van der Waals surface area contributed by atoms with Crippen molar-refractivity contribution in [3.63, 3.8) is 0 Å². The summed E-state index contributed by atoms with van der Waals surface area (Å²) >= 11 is 0. The van der Waals surface area contributed by atoms with Crippen LogP contribution in [0.1, 0.15) is 37.5 Å². The van der Waals surface area contributed by atoms with Gasteiger partial charge in [0.05, 0.1) is 26.4 Å². The van der Waals surface area contributed by atoms with Crippen LogP contribution in [-0.4, -0.2) is 50.2 Å². The van der Waals surface area contributed by atoms with E-state index in [0.29, 0.717) is 13.2 Å². The van der Waals surface area contributed by atoms with Gasteiger partial charge in [0.1, 0.15) is 24.4 Å². The fraction of sp³-hybridized carbons (Fsp3) is 0.429. The Kier molecular flexibility index (Phi) is 10.9. The van der Waals surface area contributed by atoms with Gasteiger partial charge in [-0.05, 0) is 40.9 Å². The van der Waals surface area contributed by atoms with E-state index in [0.717, 1.165) is 16.7 Å². The van der Waals surface area contributed by atoms with Gasteiger partial charge in [-0.15, -0.1) is 0 Å². The maximum Gasteiger partial charge on any atom is 0.215 e. The van der Waals surface area contributed by atoms with Crippen LogP contribution in [0, 0.1) is 0 Å². The zero-order valence-corrected chi connectivity index (χ0v) is 26.6. The largest absolute Gasteiger partial charge is 0.414 e. The highest BCUT2D eigenvalue weighted by atomic mass is 28.4. The molecule has 226 valence electrons. The molecule has 4 rings (SSSR count). The average Bonchev–Trinajstić information content (AvgIpc) is 2.99. The van der Waals surface area contributed by atoms with Crippen molar-refractivity contribution in [3.05, 3.63) is 120 Å². The third-order valence-corrected chi connectivity index (χ3v) is 12.8. The van der Waals surface area contributed by atoms with E-state index in [9.17, 15) is 5.11 Å². The molecule has 0 spiro atoms. The third kappa shape index (κ3) is 8.26. The summed E-state index contributed by atoms with van der Waals surface area (Å²) in [6.45, 7) is 16.1. The summed E-state index contributed by atoms with van der Waals surface area (Å²) in [5.41, 5.74) is 2.99. The molecule has 1 unspecified atom stereocenters. The van der Waals surface area contributed by atoms with Gasteiger partial charge in [-0.25, -0.2) is 0 Å². The van der Waals surface area contributed by atoms with Gasteiger partial charge in [0, 0.05) is 0 Å². The summed E-state index contributed by atoms with van der Waals surface area (Å²) in [6, 6.07) is 29.8. The highest BCUT2D eigenvalue weighted by Gasteiger charge is 2.55. The molecular weight excluding hydrogens is 544 g/mol. The summed E-state index contributed by atoms with van der Waals surface area (Å²) in [5, 5.41) is 11.9. The van der Waals surface area contributed by atoms with E-state index in [1.54, 1.807) is 0 Å². The quantitative estimate of drug-likeness (QED) is 0.170. The molecule has 0 amide bonds. The number of aliphatic hydroxyl groups is 1. The van der Waals surface area contributed by atoms with E-state index in [4.69, 9.17) is 23.4 Å². The maximum absolute atomic E-state index is 11.9. The average molecular weight is 591 g/mol. The van der Waals surface area contributed by atoms with E-state index in [-0.39, 0.29) is 18.3 Å². The van der Waals surface area contributed by atoms with Crippen LogP contribution >= 0.6 is 0 Å². The Morgan fingerprint density at radius 1 is 0.762 bits per heavy atom. The minimum Gasteiger partial charge on any atom is -0.414 e. The lowest BCUT2D eigenvalue weighted by Crippen LogP contribution is -2.67. The molecule has 0 radical (unpaired) electrons. The predicted octanol–water partition coefficient (Wildman–Crippen LogP) is 7.04. The van der Waals surface area contributed by atoms with E-state index < -0.39 is 38.5 Å². The van der Waals surface area contributed by atoms with Gasteiger partial charge in [0.15, 0.2) is 8.32 Å². The van der Waals surface area contributed by atoms with Crippen molar-refractivity contribution in [1.82, 2.24) is 0 Å². The lowest BCUT2D eigenvalue weighted by Gasteiger charge is -2.50. The van der Waals surface area contributed by atoms with Crippen LogP contribution in [0.5, 0.6) is 0 Å². The van der Waals surface area contributed by atoms with Crippen molar-refractivity contribution in [2.75, 3.05) is 6.61 Å². The lowest BCUT2D eigenvalue weighted by molar-refractivity contribution is -0.349. The van der Waals surface area contributed by atoms with Crippen molar-refractivity contribution >= 4 is 8.32 Å². The Morgan fingerprint density at radius 2 is 1.19 bits per heavy atom. The second-order valence-electron chi connectivity index (χ2n) is 12.4. The molecule has 7 heteroatoms. The minimum atomic E-state index is -2.15. The topological polar surface area (TPSA) is 66.4 Å². The third-order valence-electron chi connectivity index (χ3n) is 8.29. The van der Waals surface area contributed by atoms with E-state index in [1.807, 2.05) is 91.0 Å². The molecule has 3 aromatic rings. The van der Waals surface area contributed by atoms with Crippen LogP contribution < -0.4 is 0 Å². The van der Waals surface area contributed by atoms with Crippen molar-refractivity contribution in [2.24, 2.45) is 0 Å². The van der Waals surface area contributed by atoms with Gasteiger partial charge < -0.3 is 28.5 Å². The van der Waals surface area contributed by atoms with Gasteiger partial charge in [0.2, 0.25) is 5.79 Å². The highest BCUT2D eigenvalue weighted by Crippen LogP contribution is 2.39. The van der Waals surface area contributed by atoms with Crippen molar-refractivity contribution < 1.29 is 28.5 Å². The molecule has 5 atom stereocenters. The Hall–Kier alpha value is -2.62. The Bertz CT molecular complexity index is 1230. The molecule has 1 saturated heterocycles. The molecule has 1 aliphatic rings. The second-order valence-corrected chi connectivity index (χ2v) is 17.2. The van der Waals surface area contributed by atoms with Crippen LogP contribution in [0.3, 0.4) is 0 Å². The van der Waals surface area contributed by atoms with Crippen LogP contribution in [0.2, 0.25) is 18.1 Å². The number of rotatable bonds is 13. The normalized spacial score (nSPS) is 24.8. The molecule has 0 aromatic heterocycles. The first kappa shape index (κ1) is 32.3.